The minimum atomic E-state index is -0.615. The number of fused-ring (bicyclic) bond motifs is 1. The number of carbonyl (C=O) groups excluding carboxylic acids is 2. The summed E-state index contributed by atoms with van der Waals surface area (Å²) < 4.78 is 33.5. The lowest BCUT2D eigenvalue weighted by atomic mass is 10.0. The fourth-order valence-electron chi connectivity index (χ4n) is 3.99. The standard InChI is InChI=1S/C25H24F2N2O3S/c1-2-28(25(31)19-8-3-4-9-21(19)27)15-24(30)29-12-10-23-20(11-13-33-23)22(29)16-32-18-7-5-6-17(26)14-18/h3-9,11,13-14,22H,2,10,12,15-16H2,1H3. The van der Waals surface area contributed by atoms with Gasteiger partial charge in [0.2, 0.25) is 5.91 Å². The van der Waals surface area contributed by atoms with Gasteiger partial charge in [0.05, 0.1) is 11.6 Å². The van der Waals surface area contributed by atoms with Gasteiger partial charge in [0, 0.05) is 24.0 Å². The summed E-state index contributed by atoms with van der Waals surface area (Å²) >= 11 is 1.63. The maximum Gasteiger partial charge on any atom is 0.257 e. The largest absolute Gasteiger partial charge is 0.491 e. The number of hydrogen-bond acceptors (Lipinski definition) is 4. The van der Waals surface area contributed by atoms with Gasteiger partial charge in [-0.3, -0.25) is 9.59 Å². The predicted octanol–water partition coefficient (Wildman–Crippen LogP) is 4.69. The van der Waals surface area contributed by atoms with Crippen LogP contribution in [-0.2, 0) is 11.2 Å². The van der Waals surface area contributed by atoms with Crippen molar-refractivity contribution in [2.24, 2.45) is 0 Å². The molecule has 4 rings (SSSR count). The highest BCUT2D eigenvalue weighted by Crippen LogP contribution is 2.34. The van der Waals surface area contributed by atoms with Gasteiger partial charge in [-0.05, 0) is 54.6 Å². The van der Waals surface area contributed by atoms with Crippen molar-refractivity contribution >= 4 is 23.2 Å². The molecule has 33 heavy (non-hydrogen) atoms. The zero-order valence-corrected chi connectivity index (χ0v) is 19.0. The van der Waals surface area contributed by atoms with Gasteiger partial charge in [0.25, 0.3) is 5.91 Å². The number of halogens is 2. The molecule has 0 aliphatic carbocycles. The second-order valence-electron chi connectivity index (χ2n) is 7.72. The van der Waals surface area contributed by atoms with Crippen LogP contribution in [0.5, 0.6) is 5.75 Å². The summed E-state index contributed by atoms with van der Waals surface area (Å²) in [5.74, 6) is -1.40. The molecule has 0 saturated carbocycles. The first-order valence-corrected chi connectivity index (χ1v) is 11.6. The second kappa shape index (κ2) is 10.1. The smallest absolute Gasteiger partial charge is 0.257 e. The Kier molecular flexibility index (Phi) is 7.03. The molecule has 1 atom stereocenters. The Balaban J connectivity index is 1.52. The van der Waals surface area contributed by atoms with Crippen LogP contribution < -0.4 is 4.74 Å². The van der Waals surface area contributed by atoms with Gasteiger partial charge < -0.3 is 14.5 Å². The van der Waals surface area contributed by atoms with E-state index in [1.807, 2.05) is 11.4 Å². The third kappa shape index (κ3) is 5.06. The van der Waals surface area contributed by atoms with Gasteiger partial charge in [-0.25, -0.2) is 8.78 Å². The molecule has 0 saturated heterocycles. The Morgan fingerprint density at radius 2 is 1.97 bits per heavy atom. The number of carbonyl (C=O) groups is 2. The molecular formula is C25H24F2N2O3S. The number of benzene rings is 2. The van der Waals surface area contributed by atoms with Gasteiger partial charge >= 0.3 is 0 Å². The number of nitrogens with zero attached hydrogens (tertiary/aromatic N) is 2. The van der Waals surface area contributed by atoms with Crippen LogP contribution in [-0.4, -0.2) is 47.9 Å². The van der Waals surface area contributed by atoms with Crippen LogP contribution in [0.25, 0.3) is 0 Å². The summed E-state index contributed by atoms with van der Waals surface area (Å²) in [5.41, 5.74) is 0.941. The average Bonchev–Trinajstić information content (AvgIpc) is 3.30. The van der Waals surface area contributed by atoms with E-state index in [9.17, 15) is 18.4 Å². The zero-order valence-electron chi connectivity index (χ0n) is 18.2. The van der Waals surface area contributed by atoms with Crippen molar-refractivity contribution in [3.05, 3.63) is 87.6 Å². The molecule has 1 aliphatic rings. The number of thiophene rings is 1. The Hall–Kier alpha value is -3.26. The summed E-state index contributed by atoms with van der Waals surface area (Å²) in [5, 5.41) is 1.98. The van der Waals surface area contributed by atoms with Crippen molar-refractivity contribution < 1.29 is 23.1 Å². The minimum Gasteiger partial charge on any atom is -0.491 e. The third-order valence-corrected chi connectivity index (χ3v) is 6.71. The molecule has 1 aliphatic heterocycles. The quantitative estimate of drug-likeness (QED) is 0.503. The van der Waals surface area contributed by atoms with E-state index in [4.69, 9.17) is 4.74 Å². The molecule has 3 aromatic rings. The van der Waals surface area contributed by atoms with Gasteiger partial charge in [0.15, 0.2) is 0 Å². The van der Waals surface area contributed by atoms with E-state index in [0.717, 1.165) is 5.56 Å². The van der Waals surface area contributed by atoms with Crippen LogP contribution in [0.3, 0.4) is 0 Å². The van der Waals surface area contributed by atoms with Crippen molar-refractivity contribution in [2.45, 2.75) is 19.4 Å². The fourth-order valence-corrected chi connectivity index (χ4v) is 4.92. The molecule has 5 nitrogen and oxygen atoms in total. The third-order valence-electron chi connectivity index (χ3n) is 5.72. The summed E-state index contributed by atoms with van der Waals surface area (Å²) in [6, 6.07) is 13.2. The second-order valence-corrected chi connectivity index (χ2v) is 8.72. The Morgan fingerprint density at radius 1 is 1.15 bits per heavy atom. The number of amides is 2. The van der Waals surface area contributed by atoms with Gasteiger partial charge in [-0.2, -0.15) is 0 Å². The van der Waals surface area contributed by atoms with Crippen molar-refractivity contribution in [3.63, 3.8) is 0 Å². The zero-order chi connectivity index (χ0) is 23.4. The van der Waals surface area contributed by atoms with Crippen molar-refractivity contribution in [2.75, 3.05) is 26.2 Å². The summed E-state index contributed by atoms with van der Waals surface area (Å²) in [7, 11) is 0. The van der Waals surface area contributed by atoms with Gasteiger partial charge in [-0.15, -0.1) is 11.3 Å². The molecule has 1 aromatic heterocycles. The molecule has 1 unspecified atom stereocenters. The van der Waals surface area contributed by atoms with E-state index in [2.05, 4.69) is 0 Å². The molecule has 0 bridgehead atoms. The van der Waals surface area contributed by atoms with Crippen LogP contribution in [0, 0.1) is 11.6 Å². The van der Waals surface area contributed by atoms with Crippen molar-refractivity contribution in [1.29, 1.82) is 0 Å². The minimum absolute atomic E-state index is 0.0584. The molecule has 2 amide bonds. The monoisotopic (exact) mass is 470 g/mol. The first-order chi connectivity index (χ1) is 16.0. The molecule has 2 aromatic carbocycles. The molecule has 0 radical (unpaired) electrons. The lowest BCUT2D eigenvalue weighted by Crippen LogP contribution is -2.47. The molecule has 2 heterocycles. The van der Waals surface area contributed by atoms with E-state index in [1.165, 1.54) is 40.1 Å². The van der Waals surface area contributed by atoms with Crippen LogP contribution in [0.1, 0.15) is 33.8 Å². The topological polar surface area (TPSA) is 49.9 Å². The van der Waals surface area contributed by atoms with Crippen molar-refractivity contribution in [1.82, 2.24) is 9.80 Å². The Labute approximate surface area is 195 Å². The molecule has 172 valence electrons. The number of likely N-dealkylation sites (N-methyl/N-ethyl adjacent to an activating group) is 1. The summed E-state index contributed by atoms with van der Waals surface area (Å²) in [6.45, 7) is 2.49. The van der Waals surface area contributed by atoms with E-state index in [0.29, 0.717) is 18.7 Å². The number of rotatable bonds is 7. The molecule has 0 spiro atoms. The first kappa shape index (κ1) is 22.9. The summed E-state index contributed by atoms with van der Waals surface area (Å²) in [6.07, 6.45) is 0.711. The van der Waals surface area contributed by atoms with E-state index < -0.39 is 17.5 Å². The highest BCUT2D eigenvalue weighted by molar-refractivity contribution is 7.10. The van der Waals surface area contributed by atoms with Gasteiger partial charge in [-0.1, -0.05) is 18.2 Å². The number of ether oxygens (including phenoxy) is 1. The van der Waals surface area contributed by atoms with Crippen LogP contribution in [0.4, 0.5) is 8.78 Å². The molecule has 8 heteroatoms. The number of hydrogen-bond donors (Lipinski definition) is 0. The van der Waals surface area contributed by atoms with Crippen LogP contribution in [0.15, 0.2) is 60.0 Å². The lowest BCUT2D eigenvalue weighted by Gasteiger charge is -2.37. The first-order valence-electron chi connectivity index (χ1n) is 10.8. The maximum atomic E-state index is 14.1. The average molecular weight is 471 g/mol. The van der Waals surface area contributed by atoms with E-state index in [-0.39, 0.29) is 37.2 Å². The SMILES string of the molecule is CCN(CC(=O)N1CCc2sccc2C1COc1cccc(F)c1)C(=O)c1ccccc1F. The molecule has 0 N–H and O–H groups in total. The van der Waals surface area contributed by atoms with E-state index in [1.54, 1.807) is 41.4 Å². The predicted molar refractivity (Wildman–Crippen MR) is 122 cm³/mol. The fraction of sp³-hybridized carbons (Fsp3) is 0.280. The Bertz CT molecular complexity index is 1150. The van der Waals surface area contributed by atoms with Crippen molar-refractivity contribution in [3.8, 4) is 5.75 Å². The highest BCUT2D eigenvalue weighted by atomic mass is 32.1. The Morgan fingerprint density at radius 3 is 2.73 bits per heavy atom. The highest BCUT2D eigenvalue weighted by Gasteiger charge is 2.33. The normalized spacial score (nSPS) is 15.1. The van der Waals surface area contributed by atoms with E-state index >= 15 is 0 Å². The summed E-state index contributed by atoms with van der Waals surface area (Å²) in [4.78, 5) is 30.4. The van der Waals surface area contributed by atoms with Crippen LogP contribution in [0.2, 0.25) is 0 Å². The van der Waals surface area contributed by atoms with Crippen LogP contribution >= 0.6 is 11.3 Å². The molecular weight excluding hydrogens is 446 g/mol. The molecule has 0 fully saturated rings. The lowest BCUT2D eigenvalue weighted by molar-refractivity contribution is -0.135. The van der Waals surface area contributed by atoms with Gasteiger partial charge in [0.1, 0.15) is 30.5 Å². The maximum absolute atomic E-state index is 14.1.